The smallest absolute Gasteiger partial charge is 0.275 e. The number of likely N-dealkylation sites (N-methyl/N-ethyl adjacent to an activating group) is 1. The van der Waals surface area contributed by atoms with E-state index in [0.717, 1.165) is 39.1 Å². The highest BCUT2D eigenvalue weighted by Crippen LogP contribution is 2.36. The zero-order valence-electron chi connectivity index (χ0n) is 21.2. The Balaban J connectivity index is 1.26. The third-order valence-electron chi connectivity index (χ3n) is 7.63. The maximum Gasteiger partial charge on any atom is 0.275 e. The maximum atomic E-state index is 13.8. The topological polar surface area (TPSA) is 89.2 Å². The second-order valence-corrected chi connectivity index (χ2v) is 10.2. The van der Waals surface area contributed by atoms with Gasteiger partial charge in [-0.1, -0.05) is 48.0 Å². The summed E-state index contributed by atoms with van der Waals surface area (Å²) in [7, 11) is 1.76. The molecule has 2 aromatic carbocycles. The van der Waals surface area contributed by atoms with Crippen molar-refractivity contribution >= 4 is 40.0 Å². The third kappa shape index (κ3) is 3.72. The van der Waals surface area contributed by atoms with Gasteiger partial charge in [-0.2, -0.15) is 10.2 Å². The van der Waals surface area contributed by atoms with Crippen LogP contribution in [-0.4, -0.2) is 60.9 Å². The summed E-state index contributed by atoms with van der Waals surface area (Å²) in [6.07, 6.45) is 4.27. The number of fused-ring (bicyclic) bond motifs is 1. The van der Waals surface area contributed by atoms with E-state index in [0.29, 0.717) is 36.8 Å². The first-order chi connectivity index (χ1) is 19.0. The summed E-state index contributed by atoms with van der Waals surface area (Å²) in [6, 6.07) is 18.8. The molecule has 5 heterocycles. The highest BCUT2D eigenvalue weighted by atomic mass is 35.5. The van der Waals surface area contributed by atoms with Gasteiger partial charge in [-0.15, -0.1) is 0 Å². The molecule has 5 aromatic rings. The number of carbonyl (C=O) groups excluding carboxylic acids is 2. The van der Waals surface area contributed by atoms with Crippen LogP contribution in [0.5, 0.6) is 0 Å². The predicted octanol–water partition coefficient (Wildman–Crippen LogP) is 3.90. The van der Waals surface area contributed by atoms with Crippen LogP contribution in [-0.2, 0) is 24.2 Å². The van der Waals surface area contributed by atoms with Crippen molar-refractivity contribution in [1.29, 1.82) is 0 Å². The number of hydrogen-bond acceptors (Lipinski definition) is 5. The van der Waals surface area contributed by atoms with Crippen molar-refractivity contribution in [1.82, 2.24) is 29.4 Å². The van der Waals surface area contributed by atoms with Crippen molar-refractivity contribution in [3.8, 4) is 5.69 Å². The van der Waals surface area contributed by atoms with Crippen LogP contribution in [0, 0.1) is 0 Å². The van der Waals surface area contributed by atoms with Gasteiger partial charge in [-0.05, 0) is 36.2 Å². The van der Waals surface area contributed by atoms with Gasteiger partial charge in [0.15, 0.2) is 5.69 Å². The minimum absolute atomic E-state index is 0.150. The minimum Gasteiger partial charge on any atom is -0.324 e. The number of amides is 2. The summed E-state index contributed by atoms with van der Waals surface area (Å²) < 4.78 is 3.54. The Morgan fingerprint density at radius 2 is 1.77 bits per heavy atom. The van der Waals surface area contributed by atoms with E-state index in [2.05, 4.69) is 10.1 Å². The van der Waals surface area contributed by atoms with E-state index >= 15 is 0 Å². The van der Waals surface area contributed by atoms with Crippen molar-refractivity contribution in [2.75, 3.05) is 18.5 Å². The number of benzene rings is 2. The van der Waals surface area contributed by atoms with Crippen LogP contribution in [0.4, 0.5) is 5.69 Å². The van der Waals surface area contributed by atoms with Gasteiger partial charge in [0.05, 0.1) is 29.1 Å². The fourth-order valence-corrected chi connectivity index (χ4v) is 5.97. The lowest BCUT2D eigenvalue weighted by Crippen LogP contribution is -2.53. The predicted molar refractivity (Wildman–Crippen MR) is 147 cm³/mol. The average molecular weight is 538 g/mol. The molecule has 2 aliphatic rings. The first-order valence-electron chi connectivity index (χ1n) is 12.8. The zero-order valence-corrected chi connectivity index (χ0v) is 21.9. The summed E-state index contributed by atoms with van der Waals surface area (Å²) in [6.45, 7) is 0.835. The average Bonchev–Trinajstić information content (AvgIpc) is 3.47. The van der Waals surface area contributed by atoms with E-state index in [4.69, 9.17) is 16.7 Å². The molecule has 0 N–H and O–H groups in total. The Labute approximate surface area is 229 Å². The van der Waals surface area contributed by atoms with E-state index in [9.17, 15) is 9.59 Å². The van der Waals surface area contributed by atoms with Gasteiger partial charge >= 0.3 is 0 Å². The van der Waals surface area contributed by atoms with E-state index in [1.807, 2.05) is 65.3 Å². The first-order valence-corrected chi connectivity index (χ1v) is 13.2. The van der Waals surface area contributed by atoms with Gasteiger partial charge in [0, 0.05) is 43.4 Å². The molecule has 10 heteroatoms. The summed E-state index contributed by atoms with van der Waals surface area (Å²) in [5.74, 6) is -0.435. The van der Waals surface area contributed by atoms with Gasteiger partial charge in [-0.25, -0.2) is 9.36 Å². The Hall–Kier alpha value is -4.50. The molecule has 0 bridgehead atoms. The van der Waals surface area contributed by atoms with Gasteiger partial charge in [-0.3, -0.25) is 14.6 Å². The lowest BCUT2D eigenvalue weighted by atomic mass is 10.0. The standard InChI is InChI=1S/C29H24ClN7O2/c1-34-22-8-5-9-23-25(22)21(32-37(23)19-10-13-31-14-11-19)16-24(28(34)38)35-15-12-20-26(29(35)39)33-36(27(20)30)17-18-6-3-2-4-7-18/h2-11,13-14,24H,12,15-17H2,1H3/t24-/m0/s1. The largest absolute Gasteiger partial charge is 0.324 e. The summed E-state index contributed by atoms with van der Waals surface area (Å²) in [5, 5.41) is 10.9. The van der Waals surface area contributed by atoms with E-state index < -0.39 is 6.04 Å². The van der Waals surface area contributed by atoms with Crippen molar-refractivity contribution in [3.05, 3.63) is 101 Å². The number of hydrogen-bond donors (Lipinski definition) is 0. The van der Waals surface area contributed by atoms with E-state index in [1.165, 1.54) is 0 Å². The quantitative estimate of drug-likeness (QED) is 0.347. The normalized spacial score (nSPS) is 17.0. The van der Waals surface area contributed by atoms with Crippen LogP contribution >= 0.6 is 11.6 Å². The summed E-state index contributed by atoms with van der Waals surface area (Å²) >= 11 is 6.68. The summed E-state index contributed by atoms with van der Waals surface area (Å²) in [4.78, 5) is 35.0. The number of anilines is 1. The molecule has 194 valence electrons. The van der Waals surface area contributed by atoms with Gasteiger partial charge in [0.2, 0.25) is 5.91 Å². The Morgan fingerprint density at radius 1 is 0.974 bits per heavy atom. The van der Waals surface area contributed by atoms with Crippen LogP contribution in [0.1, 0.15) is 27.3 Å². The van der Waals surface area contributed by atoms with Gasteiger partial charge in [0.1, 0.15) is 11.2 Å². The van der Waals surface area contributed by atoms with E-state index in [1.54, 1.807) is 33.9 Å². The highest BCUT2D eigenvalue weighted by molar-refractivity contribution is 6.31. The molecule has 2 amide bonds. The Kier molecular flexibility index (Phi) is 5.48. The molecule has 7 rings (SSSR count). The van der Waals surface area contributed by atoms with Crippen molar-refractivity contribution in [3.63, 3.8) is 0 Å². The van der Waals surface area contributed by atoms with Gasteiger partial charge in [0.25, 0.3) is 5.91 Å². The van der Waals surface area contributed by atoms with Crippen LogP contribution in [0.2, 0.25) is 5.15 Å². The fourth-order valence-electron chi connectivity index (χ4n) is 5.69. The minimum atomic E-state index is -0.718. The van der Waals surface area contributed by atoms with Crippen LogP contribution in [0.25, 0.3) is 16.6 Å². The van der Waals surface area contributed by atoms with Gasteiger partial charge < -0.3 is 9.80 Å². The molecule has 9 nitrogen and oxygen atoms in total. The Bertz CT molecular complexity index is 1750. The highest BCUT2D eigenvalue weighted by Gasteiger charge is 2.41. The molecular formula is C29H24ClN7O2. The monoisotopic (exact) mass is 537 g/mol. The molecule has 0 saturated carbocycles. The summed E-state index contributed by atoms with van der Waals surface area (Å²) in [5.41, 5.74) is 5.40. The number of halogens is 1. The molecule has 0 saturated heterocycles. The Morgan fingerprint density at radius 3 is 2.56 bits per heavy atom. The molecule has 2 aliphatic heterocycles. The lowest BCUT2D eigenvalue weighted by molar-refractivity contribution is -0.122. The van der Waals surface area contributed by atoms with Crippen LogP contribution < -0.4 is 4.90 Å². The number of rotatable bonds is 4. The molecule has 0 spiro atoms. The second-order valence-electron chi connectivity index (χ2n) is 9.86. The molecule has 0 fully saturated rings. The molecule has 0 aliphatic carbocycles. The SMILES string of the molecule is CN1C(=O)[C@@H](N2CCc3c(nn(Cc4ccccc4)c3Cl)C2=O)Cc2nn(-c3ccncc3)c3cccc1c23. The van der Waals surface area contributed by atoms with Crippen molar-refractivity contribution < 1.29 is 9.59 Å². The van der Waals surface area contributed by atoms with Crippen molar-refractivity contribution in [2.24, 2.45) is 0 Å². The molecule has 0 unspecified atom stereocenters. The first kappa shape index (κ1) is 23.6. The molecular weight excluding hydrogens is 514 g/mol. The molecule has 3 aromatic heterocycles. The van der Waals surface area contributed by atoms with Crippen molar-refractivity contribution in [2.45, 2.75) is 25.4 Å². The second kappa shape index (κ2) is 9.06. The number of carbonyl (C=O) groups is 2. The maximum absolute atomic E-state index is 13.8. The van der Waals surface area contributed by atoms with E-state index in [-0.39, 0.29) is 11.8 Å². The van der Waals surface area contributed by atoms with Crippen LogP contribution in [0.3, 0.4) is 0 Å². The number of aromatic nitrogens is 5. The van der Waals surface area contributed by atoms with Crippen LogP contribution in [0.15, 0.2) is 73.1 Å². The third-order valence-corrected chi connectivity index (χ3v) is 8.05. The molecule has 39 heavy (non-hydrogen) atoms. The molecule has 0 radical (unpaired) electrons. The number of pyridine rings is 1. The number of nitrogens with zero attached hydrogens (tertiary/aromatic N) is 7. The molecule has 1 atom stereocenters. The fraction of sp³-hybridized carbons (Fsp3) is 0.207. The lowest BCUT2D eigenvalue weighted by Gasteiger charge is -2.34. The zero-order chi connectivity index (χ0) is 26.7.